The van der Waals surface area contributed by atoms with E-state index < -0.39 is 0 Å². The summed E-state index contributed by atoms with van der Waals surface area (Å²) in [7, 11) is 0. The second-order valence-electron chi connectivity index (χ2n) is 5.26. The maximum Gasteiger partial charge on any atom is 0.240 e. The molecule has 0 saturated carbocycles. The Morgan fingerprint density at radius 1 is 1.30 bits per heavy atom. The zero-order chi connectivity index (χ0) is 15.3. The minimum atomic E-state index is -0.138. The van der Waals surface area contributed by atoms with E-state index in [2.05, 4.69) is 5.32 Å². The van der Waals surface area contributed by atoms with Gasteiger partial charge in [0.15, 0.2) is 0 Å². The summed E-state index contributed by atoms with van der Waals surface area (Å²) in [4.78, 5) is 25.4. The lowest BCUT2D eigenvalue weighted by Gasteiger charge is -2.25. The van der Waals surface area contributed by atoms with Crippen molar-refractivity contribution in [3.63, 3.8) is 0 Å². The summed E-state index contributed by atoms with van der Waals surface area (Å²) < 4.78 is 0. The molecule has 110 valence electrons. The maximum absolute atomic E-state index is 11.9. The highest BCUT2D eigenvalue weighted by Crippen LogP contribution is 2.25. The second-order valence-corrected chi connectivity index (χ2v) is 5.26. The zero-order valence-corrected chi connectivity index (χ0v) is 13.0. The molecule has 4 heteroatoms. The van der Waals surface area contributed by atoms with Crippen LogP contribution in [0, 0.1) is 6.92 Å². The lowest BCUT2D eigenvalue weighted by atomic mass is 10.0. The van der Waals surface area contributed by atoms with E-state index in [1.54, 1.807) is 4.90 Å². The van der Waals surface area contributed by atoms with Gasteiger partial charge in [0.1, 0.15) is 6.54 Å². The molecule has 1 aromatic carbocycles. The Labute approximate surface area is 121 Å². The quantitative estimate of drug-likeness (QED) is 0.898. The molecule has 0 saturated heterocycles. The van der Waals surface area contributed by atoms with Gasteiger partial charge in [-0.1, -0.05) is 25.1 Å². The summed E-state index contributed by atoms with van der Waals surface area (Å²) in [6.45, 7) is 9.37. The molecule has 0 fully saturated rings. The first-order valence-corrected chi connectivity index (χ1v) is 7.02. The van der Waals surface area contributed by atoms with Crippen molar-refractivity contribution in [3.05, 3.63) is 29.3 Å². The van der Waals surface area contributed by atoms with E-state index in [1.807, 2.05) is 45.9 Å². The number of benzene rings is 1. The Morgan fingerprint density at radius 3 is 2.45 bits per heavy atom. The molecule has 20 heavy (non-hydrogen) atoms. The molecule has 0 heterocycles. The van der Waals surface area contributed by atoms with Crippen LogP contribution in [0.25, 0.3) is 0 Å². The second kappa shape index (κ2) is 7.08. The van der Waals surface area contributed by atoms with Gasteiger partial charge in [-0.05, 0) is 38.3 Å². The van der Waals surface area contributed by atoms with Crippen LogP contribution in [0.5, 0.6) is 0 Å². The number of rotatable bonds is 5. The Kier molecular flexibility index (Phi) is 5.74. The van der Waals surface area contributed by atoms with Crippen LogP contribution in [-0.4, -0.2) is 24.4 Å². The lowest BCUT2D eigenvalue weighted by Crippen LogP contribution is -2.42. The van der Waals surface area contributed by atoms with E-state index in [0.29, 0.717) is 0 Å². The molecule has 4 nitrogen and oxygen atoms in total. The summed E-state index contributed by atoms with van der Waals surface area (Å²) >= 11 is 0. The topological polar surface area (TPSA) is 49.4 Å². The van der Waals surface area contributed by atoms with Crippen molar-refractivity contribution < 1.29 is 9.59 Å². The number of hydrogen-bond acceptors (Lipinski definition) is 2. The summed E-state index contributed by atoms with van der Waals surface area (Å²) in [5.41, 5.74) is 2.95. The summed E-state index contributed by atoms with van der Waals surface area (Å²) in [6, 6.07) is 6.01. The first kappa shape index (κ1) is 16.2. The third-order valence-electron chi connectivity index (χ3n) is 3.10. The third kappa shape index (κ3) is 4.08. The van der Waals surface area contributed by atoms with Crippen molar-refractivity contribution in [3.8, 4) is 0 Å². The molecule has 0 aliphatic heterocycles. The highest BCUT2D eigenvalue weighted by atomic mass is 16.2. The van der Waals surface area contributed by atoms with Crippen molar-refractivity contribution in [1.82, 2.24) is 5.32 Å². The SMILES string of the molecule is CCc1cccc(C)c1N(CC(=O)NC(C)C)C(C)=O. The summed E-state index contributed by atoms with van der Waals surface area (Å²) in [5, 5.41) is 2.82. The zero-order valence-electron chi connectivity index (χ0n) is 13.0. The number of anilines is 1. The van der Waals surface area contributed by atoms with E-state index in [1.165, 1.54) is 6.92 Å². The van der Waals surface area contributed by atoms with Crippen molar-refractivity contribution in [1.29, 1.82) is 0 Å². The average Bonchev–Trinajstić information content (AvgIpc) is 2.35. The van der Waals surface area contributed by atoms with Gasteiger partial charge < -0.3 is 10.2 Å². The van der Waals surface area contributed by atoms with Gasteiger partial charge in [-0.3, -0.25) is 9.59 Å². The Morgan fingerprint density at radius 2 is 1.95 bits per heavy atom. The minimum absolute atomic E-state index is 0.0609. The molecular formula is C16H24N2O2. The molecule has 0 aliphatic carbocycles. The average molecular weight is 276 g/mol. The molecule has 0 unspecified atom stereocenters. The Balaban J connectivity index is 3.09. The number of para-hydroxylation sites is 1. The van der Waals surface area contributed by atoms with Gasteiger partial charge in [0.05, 0.1) is 5.69 Å². The smallest absolute Gasteiger partial charge is 0.240 e. The third-order valence-corrected chi connectivity index (χ3v) is 3.10. The normalized spacial score (nSPS) is 10.5. The van der Waals surface area contributed by atoms with Crippen LogP contribution in [0.2, 0.25) is 0 Å². The molecule has 0 spiro atoms. The molecular weight excluding hydrogens is 252 g/mol. The Hall–Kier alpha value is -1.84. The van der Waals surface area contributed by atoms with E-state index >= 15 is 0 Å². The molecule has 0 radical (unpaired) electrons. The van der Waals surface area contributed by atoms with Gasteiger partial charge in [-0.15, -0.1) is 0 Å². The number of aryl methyl sites for hydroxylation is 2. The molecule has 2 amide bonds. The van der Waals surface area contributed by atoms with Crippen molar-refractivity contribution >= 4 is 17.5 Å². The fourth-order valence-electron chi connectivity index (χ4n) is 2.25. The van der Waals surface area contributed by atoms with E-state index in [9.17, 15) is 9.59 Å². The number of carbonyl (C=O) groups is 2. The highest BCUT2D eigenvalue weighted by molar-refractivity contribution is 5.98. The first-order valence-electron chi connectivity index (χ1n) is 7.02. The van der Waals surface area contributed by atoms with Crippen LogP contribution in [0.3, 0.4) is 0 Å². The molecule has 0 aliphatic rings. The molecule has 1 rings (SSSR count). The van der Waals surface area contributed by atoms with Gasteiger partial charge >= 0.3 is 0 Å². The lowest BCUT2D eigenvalue weighted by molar-refractivity contribution is -0.123. The van der Waals surface area contributed by atoms with Crippen molar-refractivity contribution in [2.24, 2.45) is 0 Å². The Bertz CT molecular complexity index is 495. The van der Waals surface area contributed by atoms with Gasteiger partial charge in [-0.2, -0.15) is 0 Å². The van der Waals surface area contributed by atoms with E-state index in [4.69, 9.17) is 0 Å². The van der Waals surface area contributed by atoms with Gasteiger partial charge in [-0.25, -0.2) is 0 Å². The monoisotopic (exact) mass is 276 g/mol. The minimum Gasteiger partial charge on any atom is -0.352 e. The number of hydrogen-bond donors (Lipinski definition) is 1. The van der Waals surface area contributed by atoms with Crippen LogP contribution in [0.1, 0.15) is 38.8 Å². The molecule has 0 aromatic heterocycles. The molecule has 1 N–H and O–H groups in total. The first-order chi connectivity index (χ1) is 9.36. The van der Waals surface area contributed by atoms with Crippen molar-refractivity contribution in [2.75, 3.05) is 11.4 Å². The number of amides is 2. The maximum atomic E-state index is 11.9. The fraction of sp³-hybridized carbons (Fsp3) is 0.500. The van der Waals surface area contributed by atoms with Crippen LogP contribution in [0.15, 0.2) is 18.2 Å². The molecule has 0 bridgehead atoms. The van der Waals surface area contributed by atoms with Crippen LogP contribution in [0.4, 0.5) is 5.69 Å². The van der Waals surface area contributed by atoms with Gasteiger partial charge in [0.2, 0.25) is 11.8 Å². The number of carbonyl (C=O) groups excluding carboxylic acids is 2. The number of nitrogens with zero attached hydrogens (tertiary/aromatic N) is 1. The molecule has 1 aromatic rings. The van der Waals surface area contributed by atoms with Crippen LogP contribution < -0.4 is 10.2 Å². The van der Waals surface area contributed by atoms with Crippen LogP contribution in [-0.2, 0) is 16.0 Å². The summed E-state index contributed by atoms with van der Waals surface area (Å²) in [6.07, 6.45) is 0.826. The predicted octanol–water partition coefficient (Wildman–Crippen LogP) is 2.43. The summed E-state index contributed by atoms with van der Waals surface area (Å²) in [5.74, 6) is -0.256. The number of nitrogens with one attached hydrogen (secondary N) is 1. The van der Waals surface area contributed by atoms with Gasteiger partial charge in [0.25, 0.3) is 0 Å². The largest absolute Gasteiger partial charge is 0.352 e. The van der Waals surface area contributed by atoms with Crippen molar-refractivity contribution in [2.45, 2.75) is 47.1 Å². The van der Waals surface area contributed by atoms with E-state index in [0.717, 1.165) is 23.2 Å². The molecule has 0 atom stereocenters. The fourth-order valence-corrected chi connectivity index (χ4v) is 2.25. The van der Waals surface area contributed by atoms with E-state index in [-0.39, 0.29) is 24.4 Å². The standard InChI is InChI=1S/C16H24N2O2/c1-6-14-9-7-8-12(4)16(14)18(13(5)19)10-15(20)17-11(2)3/h7-9,11H,6,10H2,1-5H3,(H,17,20). The highest BCUT2D eigenvalue weighted by Gasteiger charge is 2.20. The van der Waals surface area contributed by atoms with Crippen LogP contribution >= 0.6 is 0 Å². The van der Waals surface area contributed by atoms with Gasteiger partial charge in [0, 0.05) is 13.0 Å². The predicted molar refractivity (Wildman–Crippen MR) is 81.9 cm³/mol.